The highest BCUT2D eigenvalue weighted by Crippen LogP contribution is 2.16. The first-order valence-corrected chi connectivity index (χ1v) is 6.80. The van der Waals surface area contributed by atoms with Gasteiger partial charge in [-0.1, -0.05) is 6.07 Å². The average Bonchev–Trinajstić information content (AvgIpc) is 2.43. The fourth-order valence-corrected chi connectivity index (χ4v) is 2.29. The monoisotopic (exact) mass is 261 g/mol. The molecular weight excluding hydrogens is 238 g/mol. The first-order valence-electron chi connectivity index (χ1n) is 6.80. The number of likely N-dealkylation sites (N-methyl/N-ethyl adjacent to an activating group) is 2. The van der Waals surface area contributed by atoms with Crippen LogP contribution in [0.1, 0.15) is 21.5 Å². The maximum atomic E-state index is 12.3. The van der Waals surface area contributed by atoms with Crippen LogP contribution in [0.15, 0.2) is 18.2 Å². The molecule has 4 heteroatoms. The van der Waals surface area contributed by atoms with E-state index in [4.69, 9.17) is 0 Å². The Labute approximate surface area is 115 Å². The van der Waals surface area contributed by atoms with Gasteiger partial charge in [-0.3, -0.25) is 4.79 Å². The van der Waals surface area contributed by atoms with E-state index in [2.05, 4.69) is 16.3 Å². The van der Waals surface area contributed by atoms with E-state index in [0.29, 0.717) is 0 Å². The summed E-state index contributed by atoms with van der Waals surface area (Å²) in [4.78, 5) is 16.2. The summed E-state index contributed by atoms with van der Waals surface area (Å²) in [5, 5.41) is 3.34. The lowest BCUT2D eigenvalue weighted by Gasteiger charge is -2.22. The van der Waals surface area contributed by atoms with Crippen molar-refractivity contribution >= 4 is 5.91 Å². The highest BCUT2D eigenvalue weighted by atomic mass is 16.2. The van der Waals surface area contributed by atoms with Gasteiger partial charge in [0.2, 0.25) is 0 Å². The normalized spacial score (nSPS) is 14.3. The summed E-state index contributed by atoms with van der Waals surface area (Å²) in [5.41, 5.74) is 3.42. The molecule has 104 valence electrons. The zero-order valence-corrected chi connectivity index (χ0v) is 12.1. The molecule has 1 aromatic carbocycles. The smallest absolute Gasteiger partial charge is 0.253 e. The van der Waals surface area contributed by atoms with Crippen LogP contribution < -0.4 is 5.32 Å². The number of nitrogens with one attached hydrogen (secondary N) is 1. The minimum atomic E-state index is 0.107. The number of carbonyl (C=O) groups is 1. The van der Waals surface area contributed by atoms with Crippen molar-refractivity contribution in [3.63, 3.8) is 0 Å². The third-order valence-corrected chi connectivity index (χ3v) is 3.57. The molecule has 1 heterocycles. The Hall–Kier alpha value is -1.39. The summed E-state index contributed by atoms with van der Waals surface area (Å²) in [6.07, 6.45) is 1.06. The summed E-state index contributed by atoms with van der Waals surface area (Å²) in [5.74, 6) is 0.107. The van der Waals surface area contributed by atoms with Crippen molar-refractivity contribution in [3.05, 3.63) is 34.9 Å². The Bertz CT molecular complexity index is 457. The quantitative estimate of drug-likeness (QED) is 0.877. The standard InChI is InChI=1S/C15H23N3O/c1-17(2)8-9-18(3)15(19)13-5-4-12-6-7-16-11-14(12)10-13/h4-5,10,16H,6-9,11H2,1-3H3. The molecule has 1 aliphatic heterocycles. The van der Waals surface area contributed by atoms with Gasteiger partial charge >= 0.3 is 0 Å². The summed E-state index contributed by atoms with van der Waals surface area (Å²) < 4.78 is 0. The predicted octanol–water partition coefficient (Wildman–Crippen LogP) is 0.966. The second-order valence-corrected chi connectivity index (χ2v) is 5.44. The second kappa shape index (κ2) is 6.17. The van der Waals surface area contributed by atoms with Gasteiger partial charge in [0.15, 0.2) is 0 Å². The van der Waals surface area contributed by atoms with E-state index in [0.717, 1.165) is 38.2 Å². The van der Waals surface area contributed by atoms with E-state index >= 15 is 0 Å². The predicted molar refractivity (Wildman–Crippen MR) is 77.4 cm³/mol. The van der Waals surface area contributed by atoms with Gasteiger partial charge in [-0.25, -0.2) is 0 Å². The average molecular weight is 261 g/mol. The zero-order chi connectivity index (χ0) is 13.8. The lowest BCUT2D eigenvalue weighted by molar-refractivity contribution is 0.0786. The van der Waals surface area contributed by atoms with Gasteiger partial charge in [-0.05, 0) is 50.3 Å². The Balaban J connectivity index is 2.06. The largest absolute Gasteiger partial charge is 0.340 e. The van der Waals surface area contributed by atoms with Gasteiger partial charge < -0.3 is 15.1 Å². The highest BCUT2D eigenvalue weighted by Gasteiger charge is 2.15. The zero-order valence-electron chi connectivity index (χ0n) is 12.1. The van der Waals surface area contributed by atoms with Crippen molar-refractivity contribution in [1.29, 1.82) is 0 Å². The van der Waals surface area contributed by atoms with E-state index in [1.54, 1.807) is 4.90 Å². The molecule has 1 N–H and O–H groups in total. The Morgan fingerprint density at radius 1 is 1.21 bits per heavy atom. The molecule has 0 bridgehead atoms. The van der Waals surface area contributed by atoms with Crippen LogP contribution in [0.5, 0.6) is 0 Å². The molecule has 0 aliphatic carbocycles. The molecule has 0 radical (unpaired) electrons. The number of benzene rings is 1. The van der Waals surface area contributed by atoms with E-state index in [9.17, 15) is 4.79 Å². The van der Waals surface area contributed by atoms with Crippen LogP contribution in [-0.4, -0.2) is 56.5 Å². The highest BCUT2D eigenvalue weighted by molar-refractivity contribution is 5.94. The SMILES string of the molecule is CN(C)CCN(C)C(=O)c1ccc2c(c1)CNCC2. The molecule has 0 saturated heterocycles. The fraction of sp³-hybridized carbons (Fsp3) is 0.533. The van der Waals surface area contributed by atoms with Crippen LogP contribution in [0.25, 0.3) is 0 Å². The van der Waals surface area contributed by atoms with Gasteiger partial charge in [0.1, 0.15) is 0 Å². The molecule has 0 unspecified atom stereocenters. The first-order chi connectivity index (χ1) is 9.08. The van der Waals surface area contributed by atoms with Gasteiger partial charge in [-0.2, -0.15) is 0 Å². The summed E-state index contributed by atoms with van der Waals surface area (Å²) in [7, 11) is 5.90. The molecule has 19 heavy (non-hydrogen) atoms. The molecule has 0 atom stereocenters. The van der Waals surface area contributed by atoms with Crippen molar-refractivity contribution < 1.29 is 4.79 Å². The maximum Gasteiger partial charge on any atom is 0.253 e. The fourth-order valence-electron chi connectivity index (χ4n) is 2.29. The van der Waals surface area contributed by atoms with E-state index in [1.807, 2.05) is 33.3 Å². The molecule has 2 rings (SSSR count). The molecule has 0 spiro atoms. The second-order valence-electron chi connectivity index (χ2n) is 5.44. The van der Waals surface area contributed by atoms with Crippen LogP contribution in [0.4, 0.5) is 0 Å². The van der Waals surface area contributed by atoms with Gasteiger partial charge in [-0.15, -0.1) is 0 Å². The molecule has 1 amide bonds. The van der Waals surface area contributed by atoms with Crippen LogP contribution in [0.2, 0.25) is 0 Å². The minimum absolute atomic E-state index is 0.107. The van der Waals surface area contributed by atoms with Crippen molar-refractivity contribution in [2.75, 3.05) is 40.8 Å². The molecule has 0 saturated carbocycles. The lowest BCUT2D eigenvalue weighted by Crippen LogP contribution is -2.33. The molecule has 0 aromatic heterocycles. The third kappa shape index (κ3) is 3.55. The molecule has 1 aliphatic rings. The lowest BCUT2D eigenvalue weighted by atomic mass is 9.98. The molecular formula is C15H23N3O. The number of carbonyl (C=O) groups excluding carboxylic acids is 1. The molecule has 0 fully saturated rings. The Kier molecular flexibility index (Phi) is 4.56. The Morgan fingerprint density at radius 2 is 2.00 bits per heavy atom. The minimum Gasteiger partial charge on any atom is -0.340 e. The number of hydrogen-bond acceptors (Lipinski definition) is 3. The summed E-state index contributed by atoms with van der Waals surface area (Å²) in [6, 6.07) is 6.10. The summed E-state index contributed by atoms with van der Waals surface area (Å²) in [6.45, 7) is 3.54. The van der Waals surface area contributed by atoms with E-state index in [1.165, 1.54) is 11.1 Å². The number of nitrogens with zero attached hydrogens (tertiary/aromatic N) is 2. The van der Waals surface area contributed by atoms with Crippen molar-refractivity contribution in [3.8, 4) is 0 Å². The van der Waals surface area contributed by atoms with Crippen molar-refractivity contribution in [2.45, 2.75) is 13.0 Å². The number of fused-ring (bicyclic) bond motifs is 1. The van der Waals surface area contributed by atoms with Crippen LogP contribution in [-0.2, 0) is 13.0 Å². The van der Waals surface area contributed by atoms with E-state index in [-0.39, 0.29) is 5.91 Å². The maximum absolute atomic E-state index is 12.3. The van der Waals surface area contributed by atoms with Gasteiger partial charge in [0, 0.05) is 32.2 Å². The third-order valence-electron chi connectivity index (χ3n) is 3.57. The Morgan fingerprint density at radius 3 is 2.74 bits per heavy atom. The van der Waals surface area contributed by atoms with Crippen molar-refractivity contribution in [1.82, 2.24) is 15.1 Å². The first kappa shape index (κ1) is 14.0. The number of hydrogen-bond donors (Lipinski definition) is 1. The van der Waals surface area contributed by atoms with Crippen molar-refractivity contribution in [2.24, 2.45) is 0 Å². The summed E-state index contributed by atoms with van der Waals surface area (Å²) >= 11 is 0. The number of amides is 1. The molecule has 1 aromatic rings. The topological polar surface area (TPSA) is 35.6 Å². The number of rotatable bonds is 4. The van der Waals surface area contributed by atoms with Crippen LogP contribution in [0, 0.1) is 0 Å². The molecule has 4 nitrogen and oxygen atoms in total. The van der Waals surface area contributed by atoms with E-state index < -0.39 is 0 Å². The van der Waals surface area contributed by atoms with Crippen LogP contribution >= 0.6 is 0 Å². The van der Waals surface area contributed by atoms with Crippen LogP contribution in [0.3, 0.4) is 0 Å². The van der Waals surface area contributed by atoms with Gasteiger partial charge in [0.05, 0.1) is 0 Å². The van der Waals surface area contributed by atoms with Gasteiger partial charge in [0.25, 0.3) is 5.91 Å².